The molecule has 0 aliphatic heterocycles. The van der Waals surface area contributed by atoms with Gasteiger partial charge in [-0.25, -0.2) is 4.39 Å². The van der Waals surface area contributed by atoms with Gasteiger partial charge in [-0.2, -0.15) is 0 Å². The van der Waals surface area contributed by atoms with Gasteiger partial charge in [0.2, 0.25) is 0 Å². The van der Waals surface area contributed by atoms with Crippen molar-refractivity contribution in [2.75, 3.05) is 0 Å². The zero-order valence-electron chi connectivity index (χ0n) is 6.97. The van der Waals surface area contributed by atoms with Crippen molar-refractivity contribution in [3.63, 3.8) is 0 Å². The Hall–Kier alpha value is -1.09. The highest BCUT2D eigenvalue weighted by molar-refractivity contribution is 6.31. The molecule has 0 saturated carbocycles. The molecule has 0 unspecified atom stereocenters. The summed E-state index contributed by atoms with van der Waals surface area (Å²) in [7, 11) is 0. The Kier molecular flexibility index (Phi) is 2.88. The van der Waals surface area contributed by atoms with Crippen LogP contribution < -0.4 is 0 Å². The number of aryl methyl sites for hydroxylation is 1. The van der Waals surface area contributed by atoms with E-state index >= 15 is 0 Å². The molecule has 0 aliphatic rings. The maximum absolute atomic E-state index is 13.1. The van der Waals surface area contributed by atoms with Crippen molar-refractivity contribution in [2.45, 2.75) is 13.3 Å². The van der Waals surface area contributed by atoms with E-state index in [1.807, 2.05) is 0 Å². The third kappa shape index (κ3) is 2.42. The van der Waals surface area contributed by atoms with Gasteiger partial charge in [-0.05, 0) is 24.6 Å². The maximum atomic E-state index is 13.1. The first kappa shape index (κ1) is 9.99. The van der Waals surface area contributed by atoms with E-state index in [4.69, 9.17) is 16.7 Å². The highest BCUT2D eigenvalue weighted by atomic mass is 35.5. The number of carbonyl (C=O) groups is 1. The highest BCUT2D eigenvalue weighted by Gasteiger charge is 2.09. The molecule has 1 N–H and O–H groups in total. The Labute approximate surface area is 80.0 Å². The molecule has 0 aromatic heterocycles. The van der Waals surface area contributed by atoms with Crippen molar-refractivity contribution in [2.24, 2.45) is 0 Å². The van der Waals surface area contributed by atoms with Gasteiger partial charge in [0.05, 0.1) is 6.42 Å². The molecule has 0 fully saturated rings. The normalized spacial score (nSPS) is 10.1. The summed E-state index contributed by atoms with van der Waals surface area (Å²) >= 11 is 5.71. The van der Waals surface area contributed by atoms with E-state index in [-0.39, 0.29) is 12.0 Å². The first-order valence-corrected chi connectivity index (χ1v) is 4.05. The number of rotatable bonds is 2. The SMILES string of the molecule is Cc1cc(F)c(CC(=O)O)cc1Cl. The molecule has 0 spiro atoms. The summed E-state index contributed by atoms with van der Waals surface area (Å²) in [6, 6.07) is 2.58. The molecule has 70 valence electrons. The quantitative estimate of drug-likeness (QED) is 0.800. The summed E-state index contributed by atoms with van der Waals surface area (Å²) in [6.45, 7) is 1.66. The van der Waals surface area contributed by atoms with Crippen molar-refractivity contribution in [1.29, 1.82) is 0 Å². The Morgan fingerprint density at radius 1 is 1.62 bits per heavy atom. The van der Waals surface area contributed by atoms with E-state index in [0.717, 1.165) is 0 Å². The number of benzene rings is 1. The van der Waals surface area contributed by atoms with Gasteiger partial charge in [-0.1, -0.05) is 11.6 Å². The third-order valence-corrected chi connectivity index (χ3v) is 2.08. The Balaban J connectivity index is 3.08. The average Bonchev–Trinajstić information content (AvgIpc) is 1.99. The summed E-state index contributed by atoms with van der Waals surface area (Å²) in [6.07, 6.45) is -0.341. The van der Waals surface area contributed by atoms with Crippen LogP contribution in [0.5, 0.6) is 0 Å². The second kappa shape index (κ2) is 3.75. The molecular weight excluding hydrogens is 195 g/mol. The summed E-state index contributed by atoms with van der Waals surface area (Å²) in [5, 5.41) is 8.83. The van der Waals surface area contributed by atoms with E-state index < -0.39 is 11.8 Å². The molecule has 1 rings (SSSR count). The number of carboxylic acids is 1. The molecule has 0 amide bonds. The van der Waals surface area contributed by atoms with Gasteiger partial charge in [0.1, 0.15) is 5.82 Å². The lowest BCUT2D eigenvalue weighted by atomic mass is 10.1. The lowest BCUT2D eigenvalue weighted by Crippen LogP contribution is -2.02. The van der Waals surface area contributed by atoms with Crippen LogP contribution in [0.4, 0.5) is 4.39 Å². The molecule has 0 bridgehead atoms. The van der Waals surface area contributed by atoms with Crippen LogP contribution >= 0.6 is 11.6 Å². The standard InChI is InChI=1S/C9H8ClFO2/c1-5-2-8(11)6(3-7(5)10)4-9(12)13/h2-3H,4H2,1H3,(H,12,13). The second-order valence-corrected chi connectivity index (χ2v) is 3.17. The van der Waals surface area contributed by atoms with E-state index in [1.165, 1.54) is 12.1 Å². The largest absolute Gasteiger partial charge is 0.481 e. The molecule has 0 aliphatic carbocycles. The highest BCUT2D eigenvalue weighted by Crippen LogP contribution is 2.20. The van der Waals surface area contributed by atoms with Gasteiger partial charge in [0.25, 0.3) is 0 Å². The van der Waals surface area contributed by atoms with Crippen molar-refractivity contribution in [3.8, 4) is 0 Å². The zero-order chi connectivity index (χ0) is 10.0. The van der Waals surface area contributed by atoms with Crippen LogP contribution in [0.3, 0.4) is 0 Å². The van der Waals surface area contributed by atoms with Crippen LogP contribution in [-0.2, 0) is 11.2 Å². The molecule has 2 nitrogen and oxygen atoms in total. The average molecular weight is 203 g/mol. The van der Waals surface area contributed by atoms with Gasteiger partial charge in [0.15, 0.2) is 0 Å². The van der Waals surface area contributed by atoms with Gasteiger partial charge < -0.3 is 5.11 Å². The van der Waals surface area contributed by atoms with Crippen molar-refractivity contribution in [1.82, 2.24) is 0 Å². The van der Waals surface area contributed by atoms with Crippen LogP contribution in [0.25, 0.3) is 0 Å². The van der Waals surface area contributed by atoms with E-state index in [0.29, 0.717) is 10.6 Å². The van der Waals surface area contributed by atoms with E-state index in [9.17, 15) is 9.18 Å². The Morgan fingerprint density at radius 3 is 2.77 bits per heavy atom. The Bertz CT molecular complexity index is 350. The van der Waals surface area contributed by atoms with Gasteiger partial charge in [-0.15, -0.1) is 0 Å². The Morgan fingerprint density at radius 2 is 2.23 bits per heavy atom. The van der Waals surface area contributed by atoms with Crippen LogP contribution in [0.15, 0.2) is 12.1 Å². The minimum Gasteiger partial charge on any atom is -0.481 e. The molecule has 13 heavy (non-hydrogen) atoms. The van der Waals surface area contributed by atoms with Crippen LogP contribution in [-0.4, -0.2) is 11.1 Å². The molecule has 0 saturated heterocycles. The summed E-state index contributed by atoms with van der Waals surface area (Å²) in [5.74, 6) is -1.59. The first-order chi connectivity index (χ1) is 6.00. The third-order valence-electron chi connectivity index (χ3n) is 1.67. The van der Waals surface area contributed by atoms with Gasteiger partial charge in [-0.3, -0.25) is 4.79 Å². The molecule has 0 atom stereocenters. The van der Waals surface area contributed by atoms with Crippen molar-refractivity contribution >= 4 is 17.6 Å². The number of halogens is 2. The predicted octanol–water partition coefficient (Wildman–Crippen LogP) is 2.41. The van der Waals surface area contributed by atoms with Crippen LogP contribution in [0.2, 0.25) is 5.02 Å². The fourth-order valence-corrected chi connectivity index (χ4v) is 1.17. The monoisotopic (exact) mass is 202 g/mol. The fraction of sp³-hybridized carbons (Fsp3) is 0.222. The molecular formula is C9H8ClFO2. The maximum Gasteiger partial charge on any atom is 0.307 e. The lowest BCUT2D eigenvalue weighted by Gasteiger charge is -2.03. The molecule has 1 aromatic carbocycles. The molecule has 0 radical (unpaired) electrons. The number of hydrogen-bond donors (Lipinski definition) is 1. The van der Waals surface area contributed by atoms with Gasteiger partial charge in [0, 0.05) is 10.6 Å². The predicted molar refractivity (Wildman–Crippen MR) is 47.5 cm³/mol. The minimum absolute atomic E-state index is 0.114. The van der Waals surface area contributed by atoms with Crippen LogP contribution in [0, 0.1) is 12.7 Å². The van der Waals surface area contributed by atoms with Crippen molar-refractivity contribution in [3.05, 3.63) is 34.1 Å². The van der Waals surface area contributed by atoms with E-state index in [1.54, 1.807) is 6.92 Å². The second-order valence-electron chi connectivity index (χ2n) is 2.76. The lowest BCUT2D eigenvalue weighted by molar-refractivity contribution is -0.136. The van der Waals surface area contributed by atoms with Crippen molar-refractivity contribution < 1.29 is 14.3 Å². The zero-order valence-corrected chi connectivity index (χ0v) is 7.73. The topological polar surface area (TPSA) is 37.3 Å². The van der Waals surface area contributed by atoms with Gasteiger partial charge >= 0.3 is 5.97 Å². The first-order valence-electron chi connectivity index (χ1n) is 3.67. The number of carboxylic acid groups (broad SMARTS) is 1. The van der Waals surface area contributed by atoms with Crippen LogP contribution in [0.1, 0.15) is 11.1 Å². The summed E-state index contributed by atoms with van der Waals surface area (Å²) in [4.78, 5) is 10.3. The minimum atomic E-state index is -1.07. The smallest absolute Gasteiger partial charge is 0.307 e. The number of hydrogen-bond acceptors (Lipinski definition) is 1. The molecule has 4 heteroatoms. The van der Waals surface area contributed by atoms with E-state index in [2.05, 4.69) is 0 Å². The summed E-state index contributed by atoms with van der Waals surface area (Å²) in [5.41, 5.74) is 0.719. The number of aliphatic carboxylic acids is 1. The molecule has 1 aromatic rings. The molecule has 0 heterocycles. The fourth-order valence-electron chi connectivity index (χ4n) is 0.986. The summed E-state index contributed by atoms with van der Waals surface area (Å²) < 4.78 is 13.1.